The smallest absolute Gasteiger partial charge is 0.269 e. The summed E-state index contributed by atoms with van der Waals surface area (Å²) < 4.78 is 35.1. The first-order valence-electron chi connectivity index (χ1n) is 23.4. The van der Waals surface area contributed by atoms with Gasteiger partial charge in [0.2, 0.25) is 11.7 Å². The van der Waals surface area contributed by atoms with Gasteiger partial charge < -0.3 is 34.2 Å². The number of ether oxygens (including phenoxy) is 3. The molecule has 65 heavy (non-hydrogen) atoms. The Labute approximate surface area is 381 Å². The molecule has 0 bridgehead atoms. The average molecular weight is 894 g/mol. The van der Waals surface area contributed by atoms with Gasteiger partial charge in [0.25, 0.3) is 5.69 Å². The lowest BCUT2D eigenvalue weighted by atomic mass is 9.55. The fourth-order valence-corrected chi connectivity index (χ4v) is 10.7. The largest absolute Gasteiger partial charge is 0.490 e. The third kappa shape index (κ3) is 11.2. The van der Waals surface area contributed by atoms with Gasteiger partial charge >= 0.3 is 0 Å². The van der Waals surface area contributed by atoms with E-state index >= 15 is 4.79 Å². The van der Waals surface area contributed by atoms with Gasteiger partial charge in [-0.1, -0.05) is 80.6 Å². The third-order valence-electron chi connectivity index (χ3n) is 13.8. The molecule has 0 spiro atoms. The first-order valence-corrected chi connectivity index (χ1v) is 23.4. The number of unbranched alkanes of at least 4 members (excludes halogenated alkanes) is 2. The van der Waals surface area contributed by atoms with Gasteiger partial charge in [-0.2, -0.15) is 0 Å². The summed E-state index contributed by atoms with van der Waals surface area (Å²) in [6, 6.07) is 17.5. The Balaban J connectivity index is 1.42. The van der Waals surface area contributed by atoms with Gasteiger partial charge in [0.05, 0.1) is 23.2 Å². The fourth-order valence-electron chi connectivity index (χ4n) is 10.7. The Hall–Kier alpha value is -5.37. The Bertz CT molecular complexity index is 2150. The Morgan fingerprint density at radius 1 is 0.938 bits per heavy atom. The zero-order chi connectivity index (χ0) is 45.8. The van der Waals surface area contributed by atoms with E-state index in [-0.39, 0.29) is 74.6 Å². The molecule has 0 aromatic heterocycles. The van der Waals surface area contributed by atoms with Crippen LogP contribution in [0.15, 0.2) is 109 Å². The molecule has 2 N–H and O–H groups in total. The number of nitro benzene ring substituents is 1. The number of carbonyl (C=O) groups is 1. The SMILES string of the molecule is C=CCOc1ccc2c(c1)[C@H]1[C@H](CCCCO)[C@@H](CCCCO)C=C3C(=NOCc4ccc([N+](=O)[O-])cc4)C[C@H](N(Cc4ccc(F)cc4)C(=O)CCC4CCCC4)[C@@](OCC=C)(O2)[C@H]31. The summed E-state index contributed by atoms with van der Waals surface area (Å²) in [4.78, 5) is 34.2. The minimum atomic E-state index is -1.47. The molecule has 6 atom stereocenters. The van der Waals surface area contributed by atoms with Crippen LogP contribution < -0.4 is 9.47 Å². The Morgan fingerprint density at radius 2 is 1.65 bits per heavy atom. The van der Waals surface area contributed by atoms with Gasteiger partial charge in [-0.15, -0.1) is 6.58 Å². The summed E-state index contributed by atoms with van der Waals surface area (Å²) in [6.07, 6.45) is 15.8. The number of rotatable bonds is 24. The van der Waals surface area contributed by atoms with Crippen LogP contribution in [-0.4, -0.2) is 69.9 Å². The van der Waals surface area contributed by atoms with Crippen molar-refractivity contribution in [3.63, 3.8) is 0 Å². The normalized spacial score (nSPS) is 24.0. The maximum Gasteiger partial charge on any atom is 0.269 e. The van der Waals surface area contributed by atoms with Crippen molar-refractivity contribution >= 4 is 17.3 Å². The van der Waals surface area contributed by atoms with Gasteiger partial charge in [-0.25, -0.2) is 4.39 Å². The number of fused-ring (bicyclic) bond motifs is 2. The van der Waals surface area contributed by atoms with Crippen molar-refractivity contribution in [3.8, 4) is 11.5 Å². The zero-order valence-corrected chi connectivity index (χ0v) is 37.4. The number of oxime groups is 1. The number of non-ortho nitro benzene ring substituents is 1. The molecular formula is C52H64FN3O9. The van der Waals surface area contributed by atoms with Crippen LogP contribution in [0.2, 0.25) is 0 Å². The molecule has 3 aromatic carbocycles. The second-order valence-electron chi connectivity index (χ2n) is 17.9. The lowest BCUT2D eigenvalue weighted by molar-refractivity contribution is -0.384. The van der Waals surface area contributed by atoms with E-state index in [4.69, 9.17) is 24.2 Å². The summed E-state index contributed by atoms with van der Waals surface area (Å²) in [5, 5.41) is 36.2. The van der Waals surface area contributed by atoms with Crippen molar-refractivity contribution < 1.29 is 43.4 Å². The van der Waals surface area contributed by atoms with E-state index in [1.807, 2.05) is 23.1 Å². The standard InChI is InChI=1S/C52H64FN3O9/c1-3-29-62-42-24-25-47-45(32-42)50-43(14-8-10-28-58)39(13-7-9-27-57)31-44-46(54-64-35-38-17-22-41(23-18-38)56(60)61)33-48(52(65-47,51(44)50)63-30-4-2)55(34-37-15-20-40(53)21-16-37)49(59)26-19-36-11-5-6-12-36/h3-4,15-18,20-25,31-32,36,39,43,48,50-51,57-58H,1-2,5-14,19,26-30,33-35H2/t39-,43+,48-,50+,51+,52+/m0/s1. The molecule has 3 aromatic rings. The van der Waals surface area contributed by atoms with E-state index in [1.165, 1.54) is 24.3 Å². The average Bonchev–Trinajstić information content (AvgIpc) is 3.85. The highest BCUT2D eigenvalue weighted by atomic mass is 19.1. The second-order valence-corrected chi connectivity index (χ2v) is 17.9. The van der Waals surface area contributed by atoms with E-state index in [1.54, 1.807) is 36.4 Å². The van der Waals surface area contributed by atoms with Gasteiger partial charge in [-0.3, -0.25) is 14.9 Å². The van der Waals surface area contributed by atoms with E-state index in [0.717, 1.165) is 74.5 Å². The maximum atomic E-state index is 15.1. The molecule has 0 saturated heterocycles. The number of amides is 1. The molecule has 1 heterocycles. The molecule has 12 nitrogen and oxygen atoms in total. The summed E-state index contributed by atoms with van der Waals surface area (Å²) in [6.45, 7) is 8.66. The van der Waals surface area contributed by atoms with Gasteiger partial charge in [0, 0.05) is 56.2 Å². The first-order chi connectivity index (χ1) is 31.7. The highest BCUT2D eigenvalue weighted by molar-refractivity contribution is 6.03. The van der Waals surface area contributed by atoms with Crippen LogP contribution in [0.25, 0.3) is 0 Å². The molecule has 2 saturated carbocycles. The first kappa shape index (κ1) is 47.6. The lowest BCUT2D eigenvalue weighted by Gasteiger charge is -2.60. The van der Waals surface area contributed by atoms with Crippen molar-refractivity contribution in [2.45, 2.75) is 114 Å². The number of nitrogens with zero attached hydrogens (tertiary/aromatic N) is 3. The van der Waals surface area contributed by atoms with Crippen LogP contribution in [-0.2, 0) is 27.5 Å². The van der Waals surface area contributed by atoms with Crippen molar-refractivity contribution in [1.29, 1.82) is 0 Å². The predicted molar refractivity (Wildman–Crippen MR) is 247 cm³/mol. The van der Waals surface area contributed by atoms with Crippen LogP contribution in [0.4, 0.5) is 10.1 Å². The Kier molecular flexibility index (Phi) is 16.6. The lowest BCUT2D eigenvalue weighted by Crippen LogP contribution is -2.70. The van der Waals surface area contributed by atoms with Gasteiger partial charge in [-0.05, 0) is 109 Å². The Morgan fingerprint density at radius 3 is 2.34 bits per heavy atom. The highest BCUT2D eigenvalue weighted by Gasteiger charge is 2.65. The van der Waals surface area contributed by atoms with E-state index < -0.39 is 22.7 Å². The van der Waals surface area contributed by atoms with Crippen molar-refractivity contribution in [3.05, 3.63) is 136 Å². The number of nitro groups is 1. The third-order valence-corrected chi connectivity index (χ3v) is 13.8. The number of halogens is 1. The molecule has 348 valence electrons. The minimum absolute atomic E-state index is 0.0163. The molecular weight excluding hydrogens is 830 g/mol. The molecule has 0 unspecified atom stereocenters. The number of aliphatic hydroxyl groups is 2. The number of hydrogen-bond acceptors (Lipinski definition) is 10. The molecule has 13 heteroatoms. The number of benzene rings is 3. The molecule has 1 aliphatic heterocycles. The minimum Gasteiger partial charge on any atom is -0.490 e. The molecule has 3 aliphatic carbocycles. The zero-order valence-electron chi connectivity index (χ0n) is 37.4. The summed E-state index contributed by atoms with van der Waals surface area (Å²) in [7, 11) is 0. The molecule has 4 aliphatic rings. The molecule has 2 fully saturated rings. The topological polar surface area (TPSA) is 153 Å². The van der Waals surface area contributed by atoms with E-state index in [0.29, 0.717) is 54.6 Å². The summed E-state index contributed by atoms with van der Waals surface area (Å²) in [5.74, 6) is -0.918. The van der Waals surface area contributed by atoms with Crippen molar-refractivity contribution in [2.75, 3.05) is 26.4 Å². The summed E-state index contributed by atoms with van der Waals surface area (Å²) >= 11 is 0. The number of allylic oxidation sites excluding steroid dienone is 1. The van der Waals surface area contributed by atoms with Gasteiger partial charge in [0.15, 0.2) is 0 Å². The molecule has 0 radical (unpaired) electrons. The fraction of sp³-hybridized carbons (Fsp3) is 0.500. The van der Waals surface area contributed by atoms with Crippen molar-refractivity contribution in [2.24, 2.45) is 28.8 Å². The predicted octanol–water partition coefficient (Wildman–Crippen LogP) is 10.1. The maximum absolute atomic E-state index is 15.1. The number of carbonyl (C=O) groups excluding carboxylic acids is 1. The number of aliphatic hydroxyl groups excluding tert-OH is 2. The van der Waals surface area contributed by atoms with Gasteiger partial charge in [0.1, 0.15) is 36.6 Å². The number of hydrogen-bond donors (Lipinski definition) is 2. The van der Waals surface area contributed by atoms with Crippen LogP contribution in [0.5, 0.6) is 11.5 Å². The highest BCUT2D eigenvalue weighted by Crippen LogP contribution is 2.62. The summed E-state index contributed by atoms with van der Waals surface area (Å²) in [5.41, 5.74) is 3.86. The molecule has 7 rings (SSSR count). The van der Waals surface area contributed by atoms with E-state index in [9.17, 15) is 24.7 Å². The van der Waals surface area contributed by atoms with Crippen LogP contribution in [0, 0.1) is 39.6 Å². The van der Waals surface area contributed by atoms with Crippen LogP contribution in [0.3, 0.4) is 0 Å². The quantitative estimate of drug-likeness (QED) is 0.0387. The van der Waals surface area contributed by atoms with Crippen molar-refractivity contribution in [1.82, 2.24) is 4.90 Å². The monoisotopic (exact) mass is 893 g/mol. The molecule has 1 amide bonds. The second kappa shape index (κ2) is 22.7. The van der Waals surface area contributed by atoms with Crippen LogP contribution in [0.1, 0.15) is 106 Å². The van der Waals surface area contributed by atoms with Crippen LogP contribution >= 0.6 is 0 Å². The van der Waals surface area contributed by atoms with E-state index in [2.05, 4.69) is 19.2 Å².